The monoisotopic (exact) mass is 350 g/mol. The van der Waals surface area contributed by atoms with Crippen molar-refractivity contribution in [3.63, 3.8) is 0 Å². The molecule has 1 heterocycles. The summed E-state index contributed by atoms with van der Waals surface area (Å²) in [6.45, 7) is 3.61. The van der Waals surface area contributed by atoms with Crippen LogP contribution in [0.3, 0.4) is 0 Å². The lowest BCUT2D eigenvalue weighted by molar-refractivity contribution is 0.133. The van der Waals surface area contributed by atoms with E-state index in [1.54, 1.807) is 10.9 Å². The molecule has 0 unspecified atom stereocenters. The van der Waals surface area contributed by atoms with E-state index in [-0.39, 0.29) is 6.03 Å². The molecule has 2 N–H and O–H groups in total. The van der Waals surface area contributed by atoms with Crippen molar-refractivity contribution < 1.29 is 9.53 Å². The maximum atomic E-state index is 12.2. The van der Waals surface area contributed by atoms with Gasteiger partial charge in [0.2, 0.25) is 0 Å². The number of ether oxygens (including phenoxy) is 1. The Morgan fingerprint density at radius 3 is 2.73 bits per heavy atom. The zero-order valence-electron chi connectivity index (χ0n) is 14.7. The Labute approximate surface area is 152 Å². The van der Waals surface area contributed by atoms with Crippen molar-refractivity contribution in [2.45, 2.75) is 20.1 Å². The molecule has 2 amide bonds. The zero-order chi connectivity index (χ0) is 18.2. The molecule has 3 rings (SSSR count). The highest BCUT2D eigenvalue weighted by atomic mass is 16.5. The van der Waals surface area contributed by atoms with Gasteiger partial charge in [-0.3, -0.25) is 0 Å². The van der Waals surface area contributed by atoms with Gasteiger partial charge in [0.05, 0.1) is 12.3 Å². The van der Waals surface area contributed by atoms with Crippen LogP contribution in [0.15, 0.2) is 67.0 Å². The number of carbonyl (C=O) groups is 1. The number of aromatic nitrogens is 2. The number of nitrogens with one attached hydrogen (secondary N) is 2. The van der Waals surface area contributed by atoms with Crippen molar-refractivity contribution >= 4 is 11.7 Å². The van der Waals surface area contributed by atoms with Crippen LogP contribution >= 0.6 is 0 Å². The summed E-state index contributed by atoms with van der Waals surface area (Å²) < 4.78 is 7.22. The second-order valence-corrected chi connectivity index (χ2v) is 5.71. The first-order valence-corrected chi connectivity index (χ1v) is 8.55. The van der Waals surface area contributed by atoms with E-state index in [0.717, 1.165) is 16.8 Å². The van der Waals surface area contributed by atoms with Crippen LogP contribution < -0.4 is 10.6 Å². The minimum Gasteiger partial charge on any atom is -0.377 e. The van der Waals surface area contributed by atoms with Crippen LogP contribution in [0.2, 0.25) is 0 Å². The smallest absolute Gasteiger partial charge is 0.319 e. The average molecular weight is 350 g/mol. The quantitative estimate of drug-likeness (QED) is 0.682. The number of rotatable bonds is 7. The summed E-state index contributed by atoms with van der Waals surface area (Å²) >= 11 is 0. The van der Waals surface area contributed by atoms with Crippen LogP contribution in [0, 0.1) is 0 Å². The third kappa shape index (κ3) is 4.70. The Bertz CT molecular complexity index is 847. The summed E-state index contributed by atoms with van der Waals surface area (Å²) in [7, 11) is 0. The lowest BCUT2D eigenvalue weighted by atomic mass is 10.1. The van der Waals surface area contributed by atoms with Gasteiger partial charge >= 0.3 is 6.03 Å². The van der Waals surface area contributed by atoms with Gasteiger partial charge < -0.3 is 15.4 Å². The minimum absolute atomic E-state index is 0.256. The van der Waals surface area contributed by atoms with Gasteiger partial charge in [-0.1, -0.05) is 30.3 Å². The van der Waals surface area contributed by atoms with Gasteiger partial charge in [-0.2, -0.15) is 5.10 Å². The number of urea groups is 1. The molecule has 26 heavy (non-hydrogen) atoms. The molecule has 6 heteroatoms. The van der Waals surface area contributed by atoms with Gasteiger partial charge in [0.15, 0.2) is 0 Å². The van der Waals surface area contributed by atoms with E-state index in [2.05, 4.69) is 15.7 Å². The van der Waals surface area contributed by atoms with Crippen LogP contribution in [0.1, 0.15) is 18.1 Å². The lowest BCUT2D eigenvalue weighted by Crippen LogP contribution is -2.28. The van der Waals surface area contributed by atoms with Gasteiger partial charge in [-0.05, 0) is 42.3 Å². The maximum absolute atomic E-state index is 12.2. The van der Waals surface area contributed by atoms with Crippen molar-refractivity contribution in [2.24, 2.45) is 0 Å². The molecule has 0 fully saturated rings. The molecule has 0 aliphatic carbocycles. The van der Waals surface area contributed by atoms with E-state index < -0.39 is 0 Å². The molecule has 0 aliphatic heterocycles. The molecule has 0 saturated carbocycles. The Balaban J connectivity index is 1.59. The molecule has 3 aromatic rings. The van der Waals surface area contributed by atoms with Gasteiger partial charge in [0.25, 0.3) is 0 Å². The highest BCUT2D eigenvalue weighted by molar-refractivity contribution is 5.89. The van der Waals surface area contributed by atoms with Crippen LogP contribution in [-0.4, -0.2) is 22.4 Å². The molecule has 1 aromatic heterocycles. The highest BCUT2D eigenvalue weighted by Gasteiger charge is 2.06. The molecule has 0 saturated heterocycles. The Hall–Kier alpha value is -3.12. The molecular formula is C20H22N4O2. The van der Waals surface area contributed by atoms with Crippen molar-refractivity contribution in [2.75, 3.05) is 11.9 Å². The first-order valence-electron chi connectivity index (χ1n) is 8.55. The van der Waals surface area contributed by atoms with Gasteiger partial charge in [0.1, 0.15) is 0 Å². The molecule has 0 atom stereocenters. The lowest BCUT2D eigenvalue weighted by Gasteiger charge is -2.12. The van der Waals surface area contributed by atoms with E-state index in [9.17, 15) is 4.79 Å². The number of nitrogens with zero attached hydrogens (tertiary/aromatic N) is 2. The standard InChI is InChI=1S/C20H22N4O2/c1-2-26-15-17-8-4-3-7-16(17)14-21-20(25)23-18-9-5-10-19(13-18)24-12-6-11-22-24/h3-13H,2,14-15H2,1H3,(H2,21,23,25). The summed E-state index contributed by atoms with van der Waals surface area (Å²) in [5, 5.41) is 9.94. The van der Waals surface area contributed by atoms with Crippen molar-refractivity contribution in [3.8, 4) is 5.69 Å². The predicted molar refractivity (Wildman–Crippen MR) is 101 cm³/mol. The molecule has 6 nitrogen and oxygen atoms in total. The Morgan fingerprint density at radius 2 is 1.96 bits per heavy atom. The molecular weight excluding hydrogens is 328 g/mol. The summed E-state index contributed by atoms with van der Waals surface area (Å²) in [6.07, 6.45) is 3.57. The summed E-state index contributed by atoms with van der Waals surface area (Å²) in [6, 6.07) is 17.1. The van der Waals surface area contributed by atoms with Crippen molar-refractivity contribution in [1.29, 1.82) is 0 Å². The minimum atomic E-state index is -0.256. The fourth-order valence-corrected chi connectivity index (χ4v) is 2.58. The molecule has 2 aromatic carbocycles. The Morgan fingerprint density at radius 1 is 1.12 bits per heavy atom. The molecule has 0 spiro atoms. The Kier molecular flexibility index (Phi) is 6.01. The topological polar surface area (TPSA) is 68.2 Å². The first kappa shape index (κ1) is 17.7. The second-order valence-electron chi connectivity index (χ2n) is 5.71. The van der Waals surface area contributed by atoms with E-state index in [0.29, 0.717) is 25.4 Å². The van der Waals surface area contributed by atoms with Gasteiger partial charge in [-0.25, -0.2) is 9.48 Å². The third-order valence-electron chi connectivity index (χ3n) is 3.89. The first-order chi connectivity index (χ1) is 12.8. The van der Waals surface area contributed by atoms with E-state index in [4.69, 9.17) is 4.74 Å². The van der Waals surface area contributed by atoms with E-state index in [1.807, 2.05) is 67.7 Å². The average Bonchev–Trinajstić information content (AvgIpc) is 3.20. The fraction of sp³-hybridized carbons (Fsp3) is 0.200. The van der Waals surface area contributed by atoms with Gasteiger partial charge in [-0.15, -0.1) is 0 Å². The van der Waals surface area contributed by atoms with Crippen LogP contribution in [0.5, 0.6) is 0 Å². The van der Waals surface area contributed by atoms with Gasteiger partial charge in [0, 0.05) is 31.2 Å². The van der Waals surface area contributed by atoms with Crippen LogP contribution in [0.4, 0.5) is 10.5 Å². The number of amides is 2. The number of carbonyl (C=O) groups excluding carboxylic acids is 1. The highest BCUT2D eigenvalue weighted by Crippen LogP contribution is 2.14. The number of hydrogen-bond acceptors (Lipinski definition) is 3. The number of anilines is 1. The number of hydrogen-bond donors (Lipinski definition) is 2. The summed E-state index contributed by atoms with van der Waals surface area (Å²) in [5.74, 6) is 0. The molecule has 134 valence electrons. The van der Waals surface area contributed by atoms with Crippen LogP contribution in [0.25, 0.3) is 5.69 Å². The summed E-state index contributed by atoms with van der Waals surface area (Å²) in [4.78, 5) is 12.2. The molecule has 0 aliphatic rings. The normalized spacial score (nSPS) is 10.5. The molecule has 0 radical (unpaired) electrons. The predicted octanol–water partition coefficient (Wildman–Crippen LogP) is 3.73. The zero-order valence-corrected chi connectivity index (χ0v) is 14.7. The fourth-order valence-electron chi connectivity index (χ4n) is 2.58. The SMILES string of the molecule is CCOCc1ccccc1CNC(=O)Nc1cccc(-n2cccn2)c1. The maximum Gasteiger partial charge on any atom is 0.319 e. The molecule has 0 bridgehead atoms. The number of benzene rings is 2. The second kappa shape index (κ2) is 8.82. The largest absolute Gasteiger partial charge is 0.377 e. The summed E-state index contributed by atoms with van der Waals surface area (Å²) in [5.41, 5.74) is 3.71. The third-order valence-corrected chi connectivity index (χ3v) is 3.89. The van der Waals surface area contributed by atoms with Crippen LogP contribution in [-0.2, 0) is 17.9 Å². The van der Waals surface area contributed by atoms with E-state index >= 15 is 0 Å². The van der Waals surface area contributed by atoms with Crippen molar-refractivity contribution in [3.05, 3.63) is 78.1 Å². The van der Waals surface area contributed by atoms with Crippen molar-refractivity contribution in [1.82, 2.24) is 15.1 Å². The van der Waals surface area contributed by atoms with E-state index in [1.165, 1.54) is 0 Å².